The highest BCUT2D eigenvalue weighted by Gasteiger charge is 2.30. The van der Waals surface area contributed by atoms with E-state index in [1.54, 1.807) is 13.8 Å². The van der Waals surface area contributed by atoms with E-state index in [-0.39, 0.29) is 11.8 Å². The second-order valence-electron chi connectivity index (χ2n) is 8.33. The summed E-state index contributed by atoms with van der Waals surface area (Å²) in [7, 11) is 0. The average molecular weight is 404 g/mol. The van der Waals surface area contributed by atoms with Gasteiger partial charge in [0.2, 0.25) is 5.91 Å². The number of esters is 1. The van der Waals surface area contributed by atoms with E-state index in [1.165, 1.54) is 12.8 Å². The molecule has 2 aliphatic rings. The standard InChI is InChI=1S/C22H33N3O4/c1-4-29-22(28)20-14(2)19(15(3)23-20)21(27)25-11-9-16(10-12-25)13-18(26)24-17-7-5-6-8-17/h16-17,23H,4-13H2,1-3H3,(H,24,26). The molecule has 2 amide bonds. The first-order valence-corrected chi connectivity index (χ1v) is 10.9. The highest BCUT2D eigenvalue weighted by molar-refractivity contribution is 6.01. The molecule has 0 bridgehead atoms. The molecule has 0 aromatic carbocycles. The van der Waals surface area contributed by atoms with Crippen molar-refractivity contribution in [3.8, 4) is 0 Å². The van der Waals surface area contributed by atoms with Crippen molar-refractivity contribution in [1.82, 2.24) is 15.2 Å². The fourth-order valence-corrected chi connectivity index (χ4v) is 4.60. The lowest BCUT2D eigenvalue weighted by Gasteiger charge is -2.32. The molecule has 29 heavy (non-hydrogen) atoms. The maximum absolute atomic E-state index is 13.1. The van der Waals surface area contributed by atoms with Crippen LogP contribution in [0, 0.1) is 19.8 Å². The molecule has 7 nitrogen and oxygen atoms in total. The second-order valence-corrected chi connectivity index (χ2v) is 8.33. The van der Waals surface area contributed by atoms with Crippen LogP contribution in [-0.2, 0) is 9.53 Å². The van der Waals surface area contributed by atoms with Gasteiger partial charge in [-0.25, -0.2) is 4.79 Å². The monoisotopic (exact) mass is 403 g/mol. The molecule has 0 atom stereocenters. The zero-order valence-electron chi connectivity index (χ0n) is 17.8. The van der Waals surface area contributed by atoms with E-state index in [2.05, 4.69) is 10.3 Å². The molecule has 3 rings (SSSR count). The Balaban J connectivity index is 1.55. The molecule has 1 aromatic rings. The number of hydrogen-bond acceptors (Lipinski definition) is 4. The molecule has 1 aliphatic heterocycles. The van der Waals surface area contributed by atoms with Gasteiger partial charge in [-0.3, -0.25) is 9.59 Å². The van der Waals surface area contributed by atoms with Gasteiger partial charge in [-0.1, -0.05) is 12.8 Å². The minimum Gasteiger partial charge on any atom is -0.461 e. The summed E-state index contributed by atoms with van der Waals surface area (Å²) in [6.07, 6.45) is 6.83. The van der Waals surface area contributed by atoms with E-state index in [1.807, 2.05) is 11.8 Å². The van der Waals surface area contributed by atoms with Crippen molar-refractivity contribution in [3.05, 3.63) is 22.5 Å². The molecule has 0 unspecified atom stereocenters. The second kappa shape index (κ2) is 9.46. The number of ether oxygens (including phenoxy) is 1. The number of aromatic amines is 1. The van der Waals surface area contributed by atoms with Crippen molar-refractivity contribution >= 4 is 17.8 Å². The van der Waals surface area contributed by atoms with E-state index in [0.717, 1.165) is 25.7 Å². The summed E-state index contributed by atoms with van der Waals surface area (Å²) in [5, 5.41) is 3.16. The largest absolute Gasteiger partial charge is 0.461 e. The molecule has 2 heterocycles. The van der Waals surface area contributed by atoms with Crippen LogP contribution in [0.15, 0.2) is 0 Å². The average Bonchev–Trinajstić information content (AvgIpc) is 3.29. The number of nitrogens with one attached hydrogen (secondary N) is 2. The number of likely N-dealkylation sites (tertiary alicyclic amines) is 1. The highest BCUT2D eigenvalue weighted by Crippen LogP contribution is 2.26. The van der Waals surface area contributed by atoms with Gasteiger partial charge < -0.3 is 19.9 Å². The molecule has 160 valence electrons. The Kier molecular flexibility index (Phi) is 6.98. The van der Waals surface area contributed by atoms with Crippen molar-refractivity contribution in [2.24, 2.45) is 5.92 Å². The Hall–Kier alpha value is -2.31. The molecule has 0 radical (unpaired) electrons. The number of nitrogens with zero attached hydrogens (tertiary/aromatic N) is 1. The Morgan fingerprint density at radius 3 is 2.38 bits per heavy atom. The number of aromatic nitrogens is 1. The molecule has 1 saturated heterocycles. The molecule has 1 aliphatic carbocycles. The summed E-state index contributed by atoms with van der Waals surface area (Å²) >= 11 is 0. The van der Waals surface area contributed by atoms with Gasteiger partial charge >= 0.3 is 5.97 Å². The van der Waals surface area contributed by atoms with E-state index >= 15 is 0 Å². The summed E-state index contributed by atoms with van der Waals surface area (Å²) in [5.41, 5.74) is 2.24. The van der Waals surface area contributed by atoms with Gasteiger partial charge in [-0.05, 0) is 57.9 Å². The minimum atomic E-state index is -0.431. The Morgan fingerprint density at radius 1 is 1.10 bits per heavy atom. The zero-order valence-corrected chi connectivity index (χ0v) is 17.8. The number of carbonyl (C=O) groups is 3. The first-order valence-electron chi connectivity index (χ1n) is 10.9. The molecule has 2 N–H and O–H groups in total. The van der Waals surface area contributed by atoms with Gasteiger partial charge in [-0.2, -0.15) is 0 Å². The minimum absolute atomic E-state index is 0.0549. The van der Waals surface area contributed by atoms with E-state index in [9.17, 15) is 14.4 Å². The van der Waals surface area contributed by atoms with Crippen LogP contribution >= 0.6 is 0 Å². The third-order valence-corrected chi connectivity index (χ3v) is 6.23. The summed E-state index contributed by atoms with van der Waals surface area (Å²) in [6, 6.07) is 0.359. The molecule has 2 fully saturated rings. The number of rotatable bonds is 6. The van der Waals surface area contributed by atoms with E-state index < -0.39 is 5.97 Å². The topological polar surface area (TPSA) is 91.5 Å². The predicted octanol–water partition coefficient (Wildman–Crippen LogP) is 3.11. The number of piperidine rings is 1. The van der Waals surface area contributed by atoms with Gasteiger partial charge in [-0.15, -0.1) is 0 Å². The lowest BCUT2D eigenvalue weighted by Crippen LogP contribution is -2.40. The van der Waals surface area contributed by atoms with Crippen molar-refractivity contribution < 1.29 is 19.1 Å². The third-order valence-electron chi connectivity index (χ3n) is 6.23. The molecular formula is C22H33N3O4. The van der Waals surface area contributed by atoms with Crippen LogP contribution < -0.4 is 5.32 Å². The summed E-state index contributed by atoms with van der Waals surface area (Å²) in [6.45, 7) is 6.92. The molecule has 1 aromatic heterocycles. The number of hydrogen-bond donors (Lipinski definition) is 2. The number of H-pyrrole nitrogens is 1. The maximum Gasteiger partial charge on any atom is 0.355 e. The van der Waals surface area contributed by atoms with Crippen molar-refractivity contribution in [2.45, 2.75) is 71.8 Å². The number of amides is 2. The molecule has 7 heteroatoms. The molecular weight excluding hydrogens is 370 g/mol. The van der Waals surface area contributed by atoms with Crippen LogP contribution in [0.1, 0.15) is 84.0 Å². The van der Waals surface area contributed by atoms with Crippen LogP contribution in [0.5, 0.6) is 0 Å². The molecule has 1 saturated carbocycles. The maximum atomic E-state index is 13.1. The lowest BCUT2D eigenvalue weighted by atomic mass is 9.92. The van der Waals surface area contributed by atoms with Crippen LogP contribution in [0.2, 0.25) is 0 Å². The number of aryl methyl sites for hydroxylation is 1. The van der Waals surface area contributed by atoms with E-state index in [0.29, 0.717) is 60.6 Å². The lowest BCUT2D eigenvalue weighted by molar-refractivity contribution is -0.123. The van der Waals surface area contributed by atoms with Crippen molar-refractivity contribution in [3.63, 3.8) is 0 Å². The van der Waals surface area contributed by atoms with Gasteiger partial charge in [0.25, 0.3) is 5.91 Å². The summed E-state index contributed by atoms with van der Waals surface area (Å²) < 4.78 is 5.07. The Morgan fingerprint density at radius 2 is 1.76 bits per heavy atom. The van der Waals surface area contributed by atoms with Crippen LogP contribution in [0.3, 0.4) is 0 Å². The first kappa shape index (κ1) is 21.4. The van der Waals surface area contributed by atoms with Crippen LogP contribution in [0.25, 0.3) is 0 Å². The highest BCUT2D eigenvalue weighted by atomic mass is 16.5. The summed E-state index contributed by atoms with van der Waals surface area (Å²) in [5.74, 6) is -0.0122. The fraction of sp³-hybridized carbons (Fsp3) is 0.682. The SMILES string of the molecule is CCOC(=O)c1[nH]c(C)c(C(=O)N2CCC(CC(=O)NC3CCCC3)CC2)c1C. The van der Waals surface area contributed by atoms with Crippen molar-refractivity contribution in [1.29, 1.82) is 0 Å². The normalized spacial score (nSPS) is 18.1. The van der Waals surface area contributed by atoms with Gasteiger partial charge in [0.05, 0.1) is 12.2 Å². The van der Waals surface area contributed by atoms with Crippen LogP contribution in [-0.4, -0.2) is 53.4 Å². The first-order chi connectivity index (χ1) is 13.9. The number of carbonyl (C=O) groups excluding carboxylic acids is 3. The fourth-order valence-electron chi connectivity index (χ4n) is 4.60. The third kappa shape index (κ3) is 5.00. The van der Waals surface area contributed by atoms with Gasteiger partial charge in [0, 0.05) is 31.2 Å². The summed E-state index contributed by atoms with van der Waals surface area (Å²) in [4.78, 5) is 42.3. The van der Waals surface area contributed by atoms with Crippen molar-refractivity contribution in [2.75, 3.05) is 19.7 Å². The Labute approximate surface area is 172 Å². The zero-order chi connectivity index (χ0) is 21.0. The Bertz CT molecular complexity index is 756. The van der Waals surface area contributed by atoms with E-state index in [4.69, 9.17) is 4.74 Å². The quantitative estimate of drug-likeness (QED) is 0.714. The van der Waals surface area contributed by atoms with Crippen LogP contribution in [0.4, 0.5) is 0 Å². The van der Waals surface area contributed by atoms with Gasteiger partial charge in [0.1, 0.15) is 5.69 Å². The van der Waals surface area contributed by atoms with Gasteiger partial charge in [0.15, 0.2) is 0 Å². The smallest absolute Gasteiger partial charge is 0.355 e. The predicted molar refractivity (Wildman–Crippen MR) is 110 cm³/mol. The molecule has 0 spiro atoms.